The van der Waals surface area contributed by atoms with Crippen molar-refractivity contribution in [2.24, 2.45) is 5.41 Å². The van der Waals surface area contributed by atoms with E-state index in [1.807, 2.05) is 30.3 Å². The highest BCUT2D eigenvalue weighted by atomic mass is 19.1. The Bertz CT molecular complexity index is 799. The minimum atomic E-state index is -0.859. The number of carboxylic acid groups (broad SMARTS) is 1. The minimum Gasteiger partial charge on any atom is -0.481 e. The zero-order valence-electron chi connectivity index (χ0n) is 15.6. The highest BCUT2D eigenvalue weighted by Crippen LogP contribution is 2.38. The molecule has 1 aliphatic rings. The number of aliphatic carboxylic acids is 1. The fourth-order valence-corrected chi connectivity index (χ4v) is 3.75. The number of carbonyl (C=O) groups excluding carboxylic acids is 1. The number of halogens is 1. The average molecular weight is 385 g/mol. The Morgan fingerprint density at radius 1 is 1.00 bits per heavy atom. The summed E-state index contributed by atoms with van der Waals surface area (Å²) in [5.41, 5.74) is 1.38. The predicted molar refractivity (Wildman–Crippen MR) is 102 cm³/mol. The normalized spacial score (nSPS) is 15.8. The van der Waals surface area contributed by atoms with Gasteiger partial charge in [-0.2, -0.15) is 0 Å². The molecule has 0 saturated carbocycles. The van der Waals surface area contributed by atoms with Gasteiger partial charge < -0.3 is 14.7 Å². The molecule has 1 aliphatic heterocycles. The molecule has 3 rings (SSSR count). The number of rotatable bonds is 6. The molecular weight excluding hydrogens is 361 g/mol. The third-order valence-electron chi connectivity index (χ3n) is 5.31. The van der Waals surface area contributed by atoms with Gasteiger partial charge in [0.15, 0.2) is 0 Å². The Labute approximate surface area is 163 Å². The van der Waals surface area contributed by atoms with Crippen LogP contribution in [0.25, 0.3) is 0 Å². The van der Waals surface area contributed by atoms with Crippen LogP contribution in [-0.2, 0) is 22.6 Å². The second-order valence-electron chi connectivity index (χ2n) is 7.40. The standard InChI is InChI=1S/C22H24FNO4/c23-19-8-6-17(7-9-19)14-22(15-20(25)26)10-12-24(13-11-22)21(27)28-16-18-4-2-1-3-5-18/h1-9H,10-16H2,(H,25,26). The molecule has 1 amide bonds. The third kappa shape index (κ3) is 5.31. The summed E-state index contributed by atoms with van der Waals surface area (Å²) < 4.78 is 18.5. The molecule has 0 spiro atoms. The van der Waals surface area contributed by atoms with E-state index >= 15 is 0 Å². The van der Waals surface area contributed by atoms with Crippen molar-refractivity contribution in [3.05, 3.63) is 71.5 Å². The van der Waals surface area contributed by atoms with Crippen molar-refractivity contribution in [2.45, 2.75) is 32.3 Å². The molecule has 6 heteroatoms. The molecule has 28 heavy (non-hydrogen) atoms. The van der Waals surface area contributed by atoms with Crippen molar-refractivity contribution in [1.82, 2.24) is 4.90 Å². The number of benzene rings is 2. The zero-order chi connectivity index (χ0) is 20.0. The van der Waals surface area contributed by atoms with Crippen LogP contribution in [0.3, 0.4) is 0 Å². The van der Waals surface area contributed by atoms with Gasteiger partial charge in [0.2, 0.25) is 0 Å². The number of carbonyl (C=O) groups is 2. The van der Waals surface area contributed by atoms with E-state index in [2.05, 4.69) is 0 Å². The van der Waals surface area contributed by atoms with Gasteiger partial charge in [-0.25, -0.2) is 9.18 Å². The van der Waals surface area contributed by atoms with Crippen molar-refractivity contribution in [3.8, 4) is 0 Å². The van der Waals surface area contributed by atoms with E-state index in [0.29, 0.717) is 32.4 Å². The topological polar surface area (TPSA) is 66.8 Å². The number of nitrogens with zero attached hydrogens (tertiary/aromatic N) is 1. The van der Waals surface area contributed by atoms with Crippen molar-refractivity contribution >= 4 is 12.1 Å². The summed E-state index contributed by atoms with van der Waals surface area (Å²) >= 11 is 0. The maximum absolute atomic E-state index is 13.2. The number of hydrogen-bond acceptors (Lipinski definition) is 3. The quantitative estimate of drug-likeness (QED) is 0.807. The van der Waals surface area contributed by atoms with Gasteiger partial charge in [0, 0.05) is 13.1 Å². The van der Waals surface area contributed by atoms with Crippen molar-refractivity contribution < 1.29 is 23.8 Å². The highest BCUT2D eigenvalue weighted by Gasteiger charge is 2.38. The smallest absolute Gasteiger partial charge is 0.410 e. The van der Waals surface area contributed by atoms with Gasteiger partial charge in [0.05, 0.1) is 6.42 Å². The Balaban J connectivity index is 1.59. The molecule has 1 N–H and O–H groups in total. The predicted octanol–water partition coefficient (Wildman–Crippen LogP) is 4.26. The van der Waals surface area contributed by atoms with Crippen LogP contribution in [0.5, 0.6) is 0 Å². The zero-order valence-corrected chi connectivity index (χ0v) is 15.6. The van der Waals surface area contributed by atoms with E-state index in [0.717, 1.165) is 11.1 Å². The first-order chi connectivity index (χ1) is 13.5. The first-order valence-corrected chi connectivity index (χ1v) is 9.38. The molecule has 0 bridgehead atoms. The number of carboxylic acids is 1. The first kappa shape index (κ1) is 19.9. The van der Waals surface area contributed by atoms with Crippen LogP contribution in [0.4, 0.5) is 9.18 Å². The summed E-state index contributed by atoms with van der Waals surface area (Å²) in [6.07, 6.45) is 1.33. The highest BCUT2D eigenvalue weighted by molar-refractivity contribution is 5.69. The molecule has 0 radical (unpaired) electrons. The lowest BCUT2D eigenvalue weighted by Gasteiger charge is -2.40. The number of ether oxygens (including phenoxy) is 1. The van der Waals surface area contributed by atoms with Crippen molar-refractivity contribution in [2.75, 3.05) is 13.1 Å². The molecule has 5 nitrogen and oxygen atoms in total. The Morgan fingerprint density at radius 2 is 1.64 bits per heavy atom. The minimum absolute atomic E-state index is 0.0251. The fraction of sp³-hybridized carbons (Fsp3) is 0.364. The summed E-state index contributed by atoms with van der Waals surface area (Å²) in [5, 5.41) is 9.37. The van der Waals surface area contributed by atoms with Crippen LogP contribution in [-0.4, -0.2) is 35.2 Å². The SMILES string of the molecule is O=C(O)CC1(Cc2ccc(F)cc2)CCN(C(=O)OCc2ccccc2)CC1. The van der Waals surface area contributed by atoms with Crippen LogP contribution >= 0.6 is 0 Å². The molecule has 1 fully saturated rings. The monoisotopic (exact) mass is 385 g/mol. The summed E-state index contributed by atoms with van der Waals surface area (Å²) in [6, 6.07) is 15.6. The first-order valence-electron chi connectivity index (χ1n) is 9.38. The number of piperidine rings is 1. The Hall–Kier alpha value is -2.89. The number of amides is 1. The lowest BCUT2D eigenvalue weighted by molar-refractivity contribution is -0.140. The molecule has 1 saturated heterocycles. The number of hydrogen-bond donors (Lipinski definition) is 1. The van der Waals surface area contributed by atoms with Gasteiger partial charge in [-0.1, -0.05) is 42.5 Å². The molecule has 0 aromatic heterocycles. The lowest BCUT2D eigenvalue weighted by atomic mass is 9.71. The van der Waals surface area contributed by atoms with Crippen molar-refractivity contribution in [1.29, 1.82) is 0 Å². The molecule has 2 aromatic carbocycles. The van der Waals surface area contributed by atoms with E-state index in [4.69, 9.17) is 4.74 Å². The van der Waals surface area contributed by atoms with Crippen LogP contribution in [0.2, 0.25) is 0 Å². The largest absolute Gasteiger partial charge is 0.481 e. The maximum Gasteiger partial charge on any atom is 0.410 e. The van der Waals surface area contributed by atoms with Crippen molar-refractivity contribution in [3.63, 3.8) is 0 Å². The summed E-state index contributed by atoms with van der Waals surface area (Å²) in [5.74, 6) is -1.17. The molecule has 0 unspecified atom stereocenters. The van der Waals surface area contributed by atoms with E-state index in [1.54, 1.807) is 17.0 Å². The van der Waals surface area contributed by atoms with Crippen LogP contribution in [0, 0.1) is 11.2 Å². The second-order valence-corrected chi connectivity index (χ2v) is 7.40. The molecule has 0 atom stereocenters. The van der Waals surface area contributed by atoms with Gasteiger partial charge in [0.25, 0.3) is 0 Å². The third-order valence-corrected chi connectivity index (χ3v) is 5.31. The molecule has 2 aromatic rings. The van der Waals surface area contributed by atoms with E-state index in [1.165, 1.54) is 12.1 Å². The molecule has 1 heterocycles. The Kier molecular flexibility index (Phi) is 6.29. The van der Waals surface area contributed by atoms with E-state index in [-0.39, 0.29) is 24.9 Å². The van der Waals surface area contributed by atoms with Gasteiger partial charge in [-0.15, -0.1) is 0 Å². The van der Waals surface area contributed by atoms with Gasteiger partial charge in [-0.3, -0.25) is 4.79 Å². The van der Waals surface area contributed by atoms with Gasteiger partial charge in [-0.05, 0) is 47.9 Å². The van der Waals surface area contributed by atoms with Gasteiger partial charge >= 0.3 is 12.1 Å². The summed E-state index contributed by atoms with van der Waals surface area (Å²) in [4.78, 5) is 25.4. The van der Waals surface area contributed by atoms with E-state index in [9.17, 15) is 19.1 Å². The summed E-state index contributed by atoms with van der Waals surface area (Å²) in [7, 11) is 0. The molecule has 148 valence electrons. The van der Waals surface area contributed by atoms with Crippen LogP contribution < -0.4 is 0 Å². The summed E-state index contributed by atoms with van der Waals surface area (Å²) in [6.45, 7) is 1.11. The average Bonchev–Trinajstić information content (AvgIpc) is 2.69. The lowest BCUT2D eigenvalue weighted by Crippen LogP contribution is -2.45. The van der Waals surface area contributed by atoms with E-state index < -0.39 is 11.4 Å². The Morgan fingerprint density at radius 3 is 2.25 bits per heavy atom. The number of likely N-dealkylation sites (tertiary alicyclic amines) is 1. The fourth-order valence-electron chi connectivity index (χ4n) is 3.75. The second kappa shape index (κ2) is 8.87. The van der Waals surface area contributed by atoms with Crippen LogP contribution in [0.1, 0.15) is 30.4 Å². The van der Waals surface area contributed by atoms with Crippen LogP contribution in [0.15, 0.2) is 54.6 Å². The molecular formula is C22H24FNO4. The molecule has 0 aliphatic carbocycles. The van der Waals surface area contributed by atoms with Gasteiger partial charge in [0.1, 0.15) is 12.4 Å². The maximum atomic E-state index is 13.2.